The van der Waals surface area contributed by atoms with Gasteiger partial charge in [0.15, 0.2) is 0 Å². The van der Waals surface area contributed by atoms with E-state index in [-0.39, 0.29) is 24.7 Å². The molecule has 4 saturated carbocycles. The van der Waals surface area contributed by atoms with Crippen molar-refractivity contribution in [2.24, 2.45) is 46.3 Å². The highest BCUT2D eigenvalue weighted by Crippen LogP contribution is 2.69. The second-order valence-electron chi connectivity index (χ2n) is 13.4. The summed E-state index contributed by atoms with van der Waals surface area (Å²) < 4.78 is 36.5. The van der Waals surface area contributed by atoms with Crippen molar-refractivity contribution >= 4 is 10.4 Å². The Kier molecular flexibility index (Phi) is 8.00. The van der Waals surface area contributed by atoms with Crippen molar-refractivity contribution in [1.82, 2.24) is 0 Å². The first-order chi connectivity index (χ1) is 17.4. The van der Waals surface area contributed by atoms with Gasteiger partial charge in [-0.1, -0.05) is 46.8 Å². The molecule has 0 heterocycles. The number of hydrogen-bond acceptors (Lipinski definition) is 9. The highest BCUT2D eigenvalue weighted by molar-refractivity contribution is 7.80. The Morgan fingerprint density at radius 3 is 2.11 bits per heavy atom. The lowest BCUT2D eigenvalue weighted by atomic mass is 9.41. The lowest BCUT2D eigenvalue weighted by Gasteiger charge is -2.66. The lowest BCUT2D eigenvalue weighted by Crippen LogP contribution is -2.71. The lowest BCUT2D eigenvalue weighted by molar-refractivity contribution is -0.279. The van der Waals surface area contributed by atoms with Crippen molar-refractivity contribution in [3.05, 3.63) is 12.2 Å². The summed E-state index contributed by atoms with van der Waals surface area (Å²) in [6.45, 7) is 9.60. The van der Waals surface area contributed by atoms with E-state index in [0.717, 1.165) is 0 Å². The molecule has 14 atom stereocenters. The van der Waals surface area contributed by atoms with Gasteiger partial charge in [-0.3, -0.25) is 4.55 Å². The van der Waals surface area contributed by atoms with Gasteiger partial charge in [0, 0.05) is 18.3 Å². The van der Waals surface area contributed by atoms with Gasteiger partial charge in [-0.2, -0.15) is 8.42 Å². The molecular weight excluding hydrogens is 516 g/mol. The molecule has 0 saturated heterocycles. The third-order valence-electron chi connectivity index (χ3n) is 11.0. The molecule has 4 rings (SSSR count). The van der Waals surface area contributed by atoms with Gasteiger partial charge in [0.2, 0.25) is 0 Å². The van der Waals surface area contributed by atoms with Crippen LogP contribution in [0.3, 0.4) is 0 Å². The van der Waals surface area contributed by atoms with Crippen molar-refractivity contribution in [3.8, 4) is 0 Å². The van der Waals surface area contributed by atoms with Crippen LogP contribution in [0.4, 0.5) is 0 Å². The first kappa shape index (κ1) is 30.3. The summed E-state index contributed by atoms with van der Waals surface area (Å²) in [6.07, 6.45) is -1.83. The Morgan fingerprint density at radius 1 is 0.921 bits per heavy atom. The number of allylic oxidation sites excluding steroid dienone is 1. The van der Waals surface area contributed by atoms with Crippen LogP contribution in [0.5, 0.6) is 0 Å². The average molecular weight is 563 g/mol. The average Bonchev–Trinajstić information content (AvgIpc) is 2.98. The largest absolute Gasteiger partial charge is 0.397 e. The van der Waals surface area contributed by atoms with E-state index in [1.165, 1.54) is 0 Å². The van der Waals surface area contributed by atoms with E-state index in [2.05, 4.69) is 0 Å². The standard InChI is InChI=1S/C27H46O10S/c1-13(2)15(28)7-6-14(3)19-22(31)23(32)24-26(19,5)11-9-18-25(4)10-8-17(37-38(34,35)36)21(30)20(25)16(29)12-27(18,24)33/h6-7,13-24,28-33H,8-12H2,1-5H3,(H,34,35,36)/b7-6+/t14-,15+,16+,17+,18-,19+,20+,21+,22-,23-,24-,25-,26-,27+/m1/s1. The van der Waals surface area contributed by atoms with Crippen LogP contribution in [0, 0.1) is 46.3 Å². The van der Waals surface area contributed by atoms with Crippen molar-refractivity contribution in [3.63, 3.8) is 0 Å². The van der Waals surface area contributed by atoms with Gasteiger partial charge in [-0.05, 0) is 60.2 Å². The molecule has 11 heteroatoms. The number of aliphatic hydroxyl groups excluding tert-OH is 5. The topological polar surface area (TPSA) is 185 Å². The maximum atomic E-state index is 12.4. The predicted octanol–water partition coefficient (Wildman–Crippen LogP) is 1.04. The van der Waals surface area contributed by atoms with Crippen LogP contribution in [0.2, 0.25) is 0 Å². The maximum Gasteiger partial charge on any atom is 0.397 e. The molecule has 38 heavy (non-hydrogen) atoms. The van der Waals surface area contributed by atoms with Crippen molar-refractivity contribution in [2.75, 3.05) is 0 Å². The van der Waals surface area contributed by atoms with E-state index in [1.807, 2.05) is 40.7 Å². The van der Waals surface area contributed by atoms with Crippen LogP contribution < -0.4 is 0 Å². The number of fused-ring (bicyclic) bond motifs is 5. The number of aliphatic hydroxyl groups is 6. The smallest absolute Gasteiger partial charge is 0.393 e. The van der Waals surface area contributed by atoms with Gasteiger partial charge < -0.3 is 30.6 Å². The highest BCUT2D eigenvalue weighted by Gasteiger charge is 2.73. The zero-order valence-electron chi connectivity index (χ0n) is 22.9. The van der Waals surface area contributed by atoms with Crippen LogP contribution >= 0.6 is 0 Å². The van der Waals surface area contributed by atoms with Gasteiger partial charge >= 0.3 is 10.4 Å². The Morgan fingerprint density at radius 2 is 1.53 bits per heavy atom. The quantitative estimate of drug-likeness (QED) is 0.182. The van der Waals surface area contributed by atoms with Crippen LogP contribution in [0.15, 0.2) is 12.2 Å². The Bertz CT molecular complexity index is 1020. The fourth-order valence-corrected chi connectivity index (χ4v) is 9.95. The summed E-state index contributed by atoms with van der Waals surface area (Å²) in [5.74, 6) is -2.54. The highest BCUT2D eigenvalue weighted by atomic mass is 32.3. The maximum absolute atomic E-state index is 12.4. The molecule has 4 aliphatic carbocycles. The fraction of sp³-hybridized carbons (Fsp3) is 0.926. The van der Waals surface area contributed by atoms with Crippen LogP contribution in [-0.4, -0.2) is 85.8 Å². The minimum absolute atomic E-state index is 0.0303. The normalized spacial score (nSPS) is 50.9. The molecule has 0 amide bonds. The van der Waals surface area contributed by atoms with Crippen LogP contribution in [0.25, 0.3) is 0 Å². The first-order valence-corrected chi connectivity index (χ1v) is 15.2. The molecule has 7 N–H and O–H groups in total. The Balaban J connectivity index is 1.67. The molecule has 0 aromatic rings. The van der Waals surface area contributed by atoms with Gasteiger partial charge in [0.1, 0.15) is 6.10 Å². The molecule has 0 spiro atoms. The molecule has 10 nitrogen and oxygen atoms in total. The molecule has 0 radical (unpaired) electrons. The van der Waals surface area contributed by atoms with Crippen molar-refractivity contribution in [2.45, 2.75) is 109 Å². The summed E-state index contributed by atoms with van der Waals surface area (Å²) in [7, 11) is -4.80. The molecule has 0 unspecified atom stereocenters. The van der Waals surface area contributed by atoms with Crippen LogP contribution in [-0.2, 0) is 14.6 Å². The third kappa shape index (κ3) is 4.69. The molecule has 0 aromatic carbocycles. The van der Waals surface area contributed by atoms with Gasteiger partial charge in [-0.25, -0.2) is 4.18 Å². The van der Waals surface area contributed by atoms with Gasteiger partial charge in [0.05, 0.1) is 36.1 Å². The predicted molar refractivity (Wildman–Crippen MR) is 138 cm³/mol. The fourth-order valence-electron chi connectivity index (χ4n) is 9.43. The second kappa shape index (κ2) is 10.0. The summed E-state index contributed by atoms with van der Waals surface area (Å²) in [5.41, 5.74) is -3.00. The zero-order valence-corrected chi connectivity index (χ0v) is 23.7. The molecular formula is C27H46O10S. The monoisotopic (exact) mass is 562 g/mol. The van der Waals surface area contributed by atoms with Crippen molar-refractivity contribution < 1.29 is 47.8 Å². The van der Waals surface area contributed by atoms with E-state index in [4.69, 9.17) is 8.74 Å². The van der Waals surface area contributed by atoms with Crippen molar-refractivity contribution in [1.29, 1.82) is 0 Å². The molecule has 220 valence electrons. The summed E-state index contributed by atoms with van der Waals surface area (Å²) in [4.78, 5) is 0. The minimum Gasteiger partial charge on any atom is -0.393 e. The van der Waals surface area contributed by atoms with E-state index in [1.54, 1.807) is 6.08 Å². The SMILES string of the molecule is CC(C)[C@@H](O)/C=C/[C@@H](C)[C@H]1[C@@H](O)[C@@H](O)[C@@H]2[C@]1(C)CC[C@@H]1[C@@]3(C)CC[C@H](OS(=O)(=O)O)[C@H](O)[C@@H]3[C@@H](O)C[C@]12O. The van der Waals surface area contributed by atoms with Gasteiger partial charge in [0.25, 0.3) is 0 Å². The zero-order chi connectivity index (χ0) is 28.6. The minimum atomic E-state index is -4.80. The summed E-state index contributed by atoms with van der Waals surface area (Å²) in [6, 6.07) is 0. The first-order valence-electron chi connectivity index (χ1n) is 13.8. The number of rotatable bonds is 6. The van der Waals surface area contributed by atoms with E-state index in [0.29, 0.717) is 19.3 Å². The second-order valence-corrected chi connectivity index (χ2v) is 14.5. The molecule has 0 aromatic heterocycles. The number of hydrogen-bond donors (Lipinski definition) is 7. The third-order valence-corrected chi connectivity index (χ3v) is 11.5. The van der Waals surface area contributed by atoms with Gasteiger partial charge in [-0.15, -0.1) is 0 Å². The van der Waals surface area contributed by atoms with Crippen LogP contribution in [0.1, 0.15) is 66.7 Å². The summed E-state index contributed by atoms with van der Waals surface area (Å²) >= 11 is 0. The van der Waals surface area contributed by atoms with E-state index < -0.39 is 87.1 Å². The molecule has 4 aliphatic rings. The van der Waals surface area contributed by atoms with E-state index in [9.17, 15) is 39.1 Å². The molecule has 4 fully saturated rings. The van der Waals surface area contributed by atoms with E-state index >= 15 is 0 Å². The summed E-state index contributed by atoms with van der Waals surface area (Å²) in [5, 5.41) is 67.7. The molecule has 0 aliphatic heterocycles. The Hall–Kier alpha value is -0.630. The Labute approximate surface area is 225 Å². The molecule has 0 bridgehead atoms.